The Bertz CT molecular complexity index is 166. The monoisotopic (exact) mass is 156 g/mol. The first-order valence-electron chi connectivity index (χ1n) is 3.50. The summed E-state index contributed by atoms with van der Waals surface area (Å²) in [7, 11) is 0. The normalized spacial score (nSPS) is 8.82. The topological polar surface area (TPSA) is 70.0 Å². The predicted molar refractivity (Wildman–Crippen MR) is 41.7 cm³/mol. The second-order valence-corrected chi connectivity index (χ2v) is 2.08. The van der Waals surface area contributed by atoms with E-state index in [0.717, 1.165) is 0 Å². The van der Waals surface area contributed by atoms with Crippen molar-refractivity contribution < 1.29 is 9.59 Å². The number of carbonyl (C=O) groups excluding carboxylic acids is 2. The summed E-state index contributed by atoms with van der Waals surface area (Å²) in [6.45, 7) is 2.08. The van der Waals surface area contributed by atoms with Gasteiger partial charge in [0.05, 0.1) is 5.71 Å². The fourth-order valence-corrected chi connectivity index (χ4v) is 0.609. The van der Waals surface area contributed by atoms with Gasteiger partial charge in [-0.15, -0.1) is 0 Å². The van der Waals surface area contributed by atoms with Gasteiger partial charge in [-0.25, -0.2) is 0 Å². The largest absolute Gasteiger partial charge is 0.358 e. The van der Waals surface area contributed by atoms with Gasteiger partial charge >= 0.3 is 0 Å². The lowest BCUT2D eigenvalue weighted by Gasteiger charge is -1.98. The third-order valence-electron chi connectivity index (χ3n) is 1.26. The van der Waals surface area contributed by atoms with Crippen LogP contribution in [0.1, 0.15) is 19.8 Å². The highest BCUT2D eigenvalue weighted by Gasteiger charge is 2.04. The van der Waals surface area contributed by atoms with Gasteiger partial charge in [-0.1, -0.05) is 6.92 Å². The molecule has 0 aromatic carbocycles. The smallest absolute Gasteiger partial charge is 0.207 e. The maximum atomic E-state index is 10.8. The zero-order valence-electron chi connectivity index (χ0n) is 6.52. The predicted octanol–water partition coefficient (Wildman–Crippen LogP) is 0.121. The number of ketones is 1. The molecule has 0 saturated heterocycles. The van der Waals surface area contributed by atoms with Crippen molar-refractivity contribution in [2.75, 3.05) is 6.54 Å². The molecule has 0 unspecified atom stereocenters. The number of carbonyl (C=O) groups is 2. The Kier molecular flexibility index (Phi) is 4.98. The highest BCUT2D eigenvalue weighted by molar-refractivity contribution is 6.38. The highest BCUT2D eigenvalue weighted by atomic mass is 16.1. The lowest BCUT2D eigenvalue weighted by atomic mass is 10.1. The van der Waals surface area contributed by atoms with Crippen LogP contribution in [0.2, 0.25) is 0 Å². The third-order valence-corrected chi connectivity index (χ3v) is 1.26. The molecule has 1 amide bonds. The van der Waals surface area contributed by atoms with Crippen LogP contribution in [0, 0.1) is 5.41 Å². The van der Waals surface area contributed by atoms with E-state index in [0.29, 0.717) is 25.8 Å². The van der Waals surface area contributed by atoms with Crippen molar-refractivity contribution >= 4 is 17.9 Å². The maximum absolute atomic E-state index is 10.8. The average molecular weight is 156 g/mol. The number of nitrogens with one attached hydrogen (secondary N) is 2. The van der Waals surface area contributed by atoms with Crippen molar-refractivity contribution in [1.29, 1.82) is 5.41 Å². The molecule has 4 heteroatoms. The average Bonchev–Trinajstić information content (AvgIpc) is 2.03. The van der Waals surface area contributed by atoms with E-state index in [1.54, 1.807) is 6.92 Å². The zero-order chi connectivity index (χ0) is 8.69. The fourth-order valence-electron chi connectivity index (χ4n) is 0.609. The van der Waals surface area contributed by atoms with E-state index >= 15 is 0 Å². The second kappa shape index (κ2) is 5.58. The van der Waals surface area contributed by atoms with Gasteiger partial charge in [-0.2, -0.15) is 0 Å². The number of hydrogen-bond donors (Lipinski definition) is 2. The molecule has 0 radical (unpaired) electrons. The van der Waals surface area contributed by atoms with Crippen LogP contribution in [-0.2, 0) is 9.59 Å². The Morgan fingerprint density at radius 3 is 2.73 bits per heavy atom. The summed E-state index contributed by atoms with van der Waals surface area (Å²) < 4.78 is 0. The van der Waals surface area contributed by atoms with Crippen LogP contribution in [-0.4, -0.2) is 24.4 Å². The minimum absolute atomic E-state index is 0.0850. The summed E-state index contributed by atoms with van der Waals surface area (Å²) in [4.78, 5) is 20.5. The van der Waals surface area contributed by atoms with Crippen molar-refractivity contribution in [3.8, 4) is 0 Å². The molecule has 0 aromatic rings. The second-order valence-electron chi connectivity index (χ2n) is 2.08. The van der Waals surface area contributed by atoms with Gasteiger partial charge in [0.1, 0.15) is 0 Å². The van der Waals surface area contributed by atoms with E-state index < -0.39 is 0 Å². The van der Waals surface area contributed by atoms with Crippen LogP contribution in [0.4, 0.5) is 0 Å². The number of hydrogen-bond acceptors (Lipinski definition) is 3. The summed E-state index contributed by atoms with van der Waals surface area (Å²) in [6.07, 6.45) is 1.25. The first-order chi connectivity index (χ1) is 5.22. The summed E-state index contributed by atoms with van der Waals surface area (Å²) in [5.74, 6) is -0.155. The van der Waals surface area contributed by atoms with Gasteiger partial charge in [0.15, 0.2) is 5.78 Å². The molecule has 0 fully saturated rings. The maximum Gasteiger partial charge on any atom is 0.207 e. The van der Waals surface area contributed by atoms with E-state index in [1.807, 2.05) is 0 Å². The van der Waals surface area contributed by atoms with Crippen LogP contribution >= 0.6 is 0 Å². The first kappa shape index (κ1) is 9.81. The molecular formula is C7H12N2O2. The minimum atomic E-state index is -0.155. The molecule has 0 heterocycles. The molecule has 0 aliphatic carbocycles. The molecule has 62 valence electrons. The summed E-state index contributed by atoms with van der Waals surface area (Å²) in [6, 6.07) is 0. The molecule has 11 heavy (non-hydrogen) atoms. The Morgan fingerprint density at radius 2 is 2.27 bits per heavy atom. The van der Waals surface area contributed by atoms with E-state index in [1.165, 1.54) is 0 Å². The molecule has 0 spiro atoms. The van der Waals surface area contributed by atoms with Crippen molar-refractivity contribution in [1.82, 2.24) is 5.32 Å². The number of rotatable bonds is 6. The summed E-state index contributed by atoms with van der Waals surface area (Å²) in [5.41, 5.74) is 0.0850. The Morgan fingerprint density at radius 1 is 1.64 bits per heavy atom. The van der Waals surface area contributed by atoms with Crippen molar-refractivity contribution in [3.63, 3.8) is 0 Å². The number of amides is 1. The molecule has 2 N–H and O–H groups in total. The van der Waals surface area contributed by atoms with Gasteiger partial charge in [0.25, 0.3) is 0 Å². The summed E-state index contributed by atoms with van der Waals surface area (Å²) >= 11 is 0. The molecule has 4 nitrogen and oxygen atoms in total. The van der Waals surface area contributed by atoms with Crippen LogP contribution in [0.3, 0.4) is 0 Å². The van der Waals surface area contributed by atoms with Crippen LogP contribution in [0.5, 0.6) is 0 Å². The van der Waals surface area contributed by atoms with E-state index in [9.17, 15) is 9.59 Å². The van der Waals surface area contributed by atoms with Crippen LogP contribution < -0.4 is 5.32 Å². The molecule has 0 atom stereocenters. The summed E-state index contributed by atoms with van der Waals surface area (Å²) in [5, 5.41) is 9.55. The van der Waals surface area contributed by atoms with Crippen molar-refractivity contribution in [3.05, 3.63) is 0 Å². The first-order valence-corrected chi connectivity index (χ1v) is 3.50. The van der Waals surface area contributed by atoms with Gasteiger partial charge < -0.3 is 10.7 Å². The Balaban J connectivity index is 3.52. The van der Waals surface area contributed by atoms with Crippen molar-refractivity contribution in [2.45, 2.75) is 19.8 Å². The molecule has 0 bridgehead atoms. The van der Waals surface area contributed by atoms with E-state index in [4.69, 9.17) is 5.41 Å². The molecule has 0 aromatic heterocycles. The Labute approximate surface area is 65.5 Å². The van der Waals surface area contributed by atoms with E-state index in [2.05, 4.69) is 5.32 Å². The lowest BCUT2D eigenvalue weighted by Crippen LogP contribution is -2.20. The minimum Gasteiger partial charge on any atom is -0.358 e. The third kappa shape index (κ3) is 4.25. The van der Waals surface area contributed by atoms with Crippen LogP contribution in [0.25, 0.3) is 0 Å². The van der Waals surface area contributed by atoms with E-state index in [-0.39, 0.29) is 11.5 Å². The molecule has 0 aliphatic rings. The quantitative estimate of drug-likeness (QED) is 0.326. The molecule has 0 saturated carbocycles. The Hall–Kier alpha value is -1.19. The van der Waals surface area contributed by atoms with Gasteiger partial charge in [0, 0.05) is 19.4 Å². The fraction of sp³-hybridized carbons (Fsp3) is 0.571. The van der Waals surface area contributed by atoms with Crippen molar-refractivity contribution in [2.24, 2.45) is 0 Å². The van der Waals surface area contributed by atoms with Gasteiger partial charge in [-0.05, 0) is 0 Å². The van der Waals surface area contributed by atoms with Gasteiger partial charge in [0.2, 0.25) is 6.41 Å². The number of Topliss-reactive ketones (excluding diaryl/α,β-unsaturated/α-hetero) is 1. The van der Waals surface area contributed by atoms with Gasteiger partial charge in [-0.3, -0.25) is 9.59 Å². The zero-order valence-corrected chi connectivity index (χ0v) is 6.52. The molecular weight excluding hydrogens is 144 g/mol. The standard InChI is InChI=1S/C7H12N2O2/c1-2-7(11)6(8)3-4-9-5-10/h5,8H,2-4H2,1H3,(H,9,10). The highest BCUT2D eigenvalue weighted by Crippen LogP contribution is 1.88. The van der Waals surface area contributed by atoms with Crippen LogP contribution in [0.15, 0.2) is 0 Å². The SMILES string of the molecule is CCC(=O)C(=N)CCNC=O. The molecule has 0 rings (SSSR count). The molecule has 0 aliphatic heterocycles. The lowest BCUT2D eigenvalue weighted by molar-refractivity contribution is -0.113.